The summed E-state index contributed by atoms with van der Waals surface area (Å²) < 4.78 is 5.23. The maximum atomic E-state index is 5.91. The highest BCUT2D eigenvalue weighted by Crippen LogP contribution is 2.18. The van der Waals surface area contributed by atoms with Crippen molar-refractivity contribution in [3.63, 3.8) is 0 Å². The first kappa shape index (κ1) is 15.8. The molecule has 5 heteroatoms. The van der Waals surface area contributed by atoms with E-state index in [-0.39, 0.29) is 6.10 Å². The van der Waals surface area contributed by atoms with E-state index in [4.69, 9.17) is 21.2 Å². The Morgan fingerprint density at radius 1 is 1.26 bits per heavy atom. The maximum Gasteiger partial charge on any atom is 0.145 e. The molecule has 0 saturated heterocycles. The first-order valence-electron chi connectivity index (χ1n) is 7.57. The van der Waals surface area contributed by atoms with Gasteiger partial charge in [0.15, 0.2) is 0 Å². The lowest BCUT2D eigenvalue weighted by molar-refractivity contribution is 0.0848. The lowest BCUT2D eigenvalue weighted by Gasteiger charge is -2.10. The van der Waals surface area contributed by atoms with Crippen molar-refractivity contribution in [2.45, 2.75) is 19.1 Å². The van der Waals surface area contributed by atoms with Crippen LogP contribution >= 0.6 is 11.6 Å². The third kappa shape index (κ3) is 4.24. The topological polar surface area (TPSA) is 42.8 Å². The summed E-state index contributed by atoms with van der Waals surface area (Å²) in [6.07, 6.45) is 0.860. The number of rotatable bonds is 6. The van der Waals surface area contributed by atoms with Crippen LogP contribution in [-0.4, -0.2) is 25.5 Å². The SMILES string of the molecule is COc1cccc(CNCC2CC(c3ccc(Cl)cc3)=NO2)c1. The van der Waals surface area contributed by atoms with Gasteiger partial charge in [-0.2, -0.15) is 0 Å². The second-order valence-electron chi connectivity index (χ2n) is 5.46. The summed E-state index contributed by atoms with van der Waals surface area (Å²) in [6, 6.07) is 15.7. The number of hydrogen-bond acceptors (Lipinski definition) is 4. The van der Waals surface area contributed by atoms with Crippen molar-refractivity contribution in [2.75, 3.05) is 13.7 Å². The Kier molecular flexibility index (Phi) is 5.16. The molecule has 2 aromatic carbocycles. The third-order valence-corrected chi connectivity index (χ3v) is 4.00. The first-order chi connectivity index (χ1) is 11.2. The van der Waals surface area contributed by atoms with Crippen LogP contribution in [0.25, 0.3) is 0 Å². The standard InChI is InChI=1S/C18H19ClN2O2/c1-22-16-4-2-3-13(9-16)11-20-12-17-10-18(21-23-17)14-5-7-15(19)8-6-14/h2-9,17,20H,10-12H2,1H3. The molecular formula is C18H19ClN2O2. The van der Waals surface area contributed by atoms with Gasteiger partial charge in [-0.05, 0) is 35.4 Å². The minimum absolute atomic E-state index is 0.0614. The Morgan fingerprint density at radius 3 is 2.87 bits per heavy atom. The van der Waals surface area contributed by atoms with Crippen LogP contribution < -0.4 is 10.1 Å². The van der Waals surface area contributed by atoms with E-state index in [0.29, 0.717) is 0 Å². The van der Waals surface area contributed by atoms with Crippen molar-refractivity contribution in [1.82, 2.24) is 5.32 Å². The normalized spacial score (nSPS) is 16.8. The quantitative estimate of drug-likeness (QED) is 0.879. The molecule has 3 rings (SSSR count). The van der Waals surface area contributed by atoms with Crippen LogP contribution in [0.1, 0.15) is 17.5 Å². The van der Waals surface area contributed by atoms with Crippen LogP contribution in [0.3, 0.4) is 0 Å². The van der Waals surface area contributed by atoms with Crippen molar-refractivity contribution < 1.29 is 9.57 Å². The average molecular weight is 331 g/mol. The molecule has 0 aromatic heterocycles. The molecule has 4 nitrogen and oxygen atoms in total. The van der Waals surface area contributed by atoms with Gasteiger partial charge < -0.3 is 14.9 Å². The minimum Gasteiger partial charge on any atom is -0.497 e. The zero-order chi connectivity index (χ0) is 16.1. The van der Waals surface area contributed by atoms with Gasteiger partial charge in [0.25, 0.3) is 0 Å². The summed E-state index contributed by atoms with van der Waals surface area (Å²) in [6.45, 7) is 1.52. The monoisotopic (exact) mass is 330 g/mol. The molecule has 1 unspecified atom stereocenters. The Balaban J connectivity index is 1.47. The highest BCUT2D eigenvalue weighted by Gasteiger charge is 2.21. The number of hydrogen-bond donors (Lipinski definition) is 1. The van der Waals surface area contributed by atoms with E-state index >= 15 is 0 Å². The number of oxime groups is 1. The molecule has 0 spiro atoms. The summed E-state index contributed by atoms with van der Waals surface area (Å²) in [5.41, 5.74) is 3.21. The first-order valence-corrected chi connectivity index (χ1v) is 7.94. The van der Waals surface area contributed by atoms with E-state index in [2.05, 4.69) is 16.5 Å². The molecule has 0 bridgehead atoms. The molecule has 0 saturated carbocycles. The van der Waals surface area contributed by atoms with Gasteiger partial charge in [0.05, 0.1) is 12.8 Å². The number of ether oxygens (including phenoxy) is 1. The highest BCUT2D eigenvalue weighted by molar-refractivity contribution is 6.30. The van der Waals surface area contributed by atoms with Gasteiger partial charge >= 0.3 is 0 Å². The Morgan fingerprint density at radius 2 is 2.09 bits per heavy atom. The second-order valence-corrected chi connectivity index (χ2v) is 5.90. The molecule has 0 amide bonds. The summed E-state index contributed by atoms with van der Waals surface area (Å²) in [7, 11) is 1.68. The number of benzene rings is 2. The summed E-state index contributed by atoms with van der Waals surface area (Å²) in [4.78, 5) is 5.50. The van der Waals surface area contributed by atoms with E-state index in [1.807, 2.05) is 42.5 Å². The van der Waals surface area contributed by atoms with Crippen LogP contribution in [0.4, 0.5) is 0 Å². The van der Waals surface area contributed by atoms with Crippen molar-refractivity contribution in [2.24, 2.45) is 5.16 Å². The van der Waals surface area contributed by atoms with Crippen molar-refractivity contribution in [1.29, 1.82) is 0 Å². The largest absolute Gasteiger partial charge is 0.497 e. The second kappa shape index (κ2) is 7.49. The fraction of sp³-hybridized carbons (Fsp3) is 0.278. The fourth-order valence-electron chi connectivity index (χ4n) is 2.51. The van der Waals surface area contributed by atoms with E-state index in [9.17, 15) is 0 Å². The van der Waals surface area contributed by atoms with Crippen molar-refractivity contribution >= 4 is 17.3 Å². The predicted octanol–water partition coefficient (Wildman–Crippen LogP) is 3.63. The molecule has 0 aliphatic carbocycles. The van der Waals surface area contributed by atoms with Gasteiger partial charge in [-0.15, -0.1) is 0 Å². The number of nitrogens with zero attached hydrogens (tertiary/aromatic N) is 1. The van der Waals surface area contributed by atoms with Crippen LogP contribution in [0.5, 0.6) is 5.75 Å². The number of nitrogens with one attached hydrogen (secondary N) is 1. The zero-order valence-corrected chi connectivity index (χ0v) is 13.7. The zero-order valence-electron chi connectivity index (χ0n) is 13.0. The van der Waals surface area contributed by atoms with Crippen molar-refractivity contribution in [3.8, 4) is 5.75 Å². The lowest BCUT2D eigenvalue weighted by Crippen LogP contribution is -2.26. The van der Waals surface area contributed by atoms with Gasteiger partial charge in [0.1, 0.15) is 11.9 Å². The molecule has 1 N–H and O–H groups in total. The van der Waals surface area contributed by atoms with Crippen LogP contribution in [0.15, 0.2) is 53.7 Å². The molecular weight excluding hydrogens is 312 g/mol. The molecule has 1 heterocycles. The molecule has 2 aromatic rings. The fourth-order valence-corrected chi connectivity index (χ4v) is 2.64. The van der Waals surface area contributed by atoms with Gasteiger partial charge in [-0.25, -0.2) is 0 Å². The third-order valence-electron chi connectivity index (χ3n) is 3.75. The summed E-state index contributed by atoms with van der Waals surface area (Å²) >= 11 is 5.91. The average Bonchev–Trinajstić information content (AvgIpc) is 3.04. The number of methoxy groups -OCH3 is 1. The van der Waals surface area contributed by atoms with Crippen molar-refractivity contribution in [3.05, 3.63) is 64.7 Å². The van der Waals surface area contributed by atoms with Crippen LogP contribution in [0, 0.1) is 0 Å². The van der Waals surface area contributed by atoms with E-state index in [0.717, 1.165) is 41.6 Å². The molecule has 0 fully saturated rings. The molecule has 1 aliphatic heterocycles. The van der Waals surface area contributed by atoms with E-state index in [1.54, 1.807) is 7.11 Å². The lowest BCUT2D eigenvalue weighted by atomic mass is 10.1. The maximum absolute atomic E-state index is 5.91. The van der Waals surface area contributed by atoms with Gasteiger partial charge in [-0.3, -0.25) is 0 Å². The van der Waals surface area contributed by atoms with Crippen LogP contribution in [-0.2, 0) is 11.4 Å². The van der Waals surface area contributed by atoms with E-state index < -0.39 is 0 Å². The smallest absolute Gasteiger partial charge is 0.145 e. The summed E-state index contributed by atoms with van der Waals surface area (Å²) in [5.74, 6) is 0.870. The Labute approximate surface area is 141 Å². The predicted molar refractivity (Wildman–Crippen MR) is 92.2 cm³/mol. The molecule has 0 radical (unpaired) electrons. The van der Waals surface area contributed by atoms with Crippen LogP contribution in [0.2, 0.25) is 5.02 Å². The minimum atomic E-state index is 0.0614. The van der Waals surface area contributed by atoms with Gasteiger partial charge in [0, 0.05) is 24.5 Å². The molecule has 1 aliphatic rings. The van der Waals surface area contributed by atoms with Gasteiger partial charge in [0.2, 0.25) is 0 Å². The molecule has 1 atom stereocenters. The molecule has 23 heavy (non-hydrogen) atoms. The molecule has 120 valence electrons. The Hall–Kier alpha value is -2.04. The van der Waals surface area contributed by atoms with Gasteiger partial charge in [-0.1, -0.05) is 41.0 Å². The van der Waals surface area contributed by atoms with E-state index in [1.165, 1.54) is 5.56 Å². The number of halogens is 1. The Bertz CT molecular complexity index is 686. The summed E-state index contributed by atoms with van der Waals surface area (Å²) in [5, 5.41) is 8.31. The highest BCUT2D eigenvalue weighted by atomic mass is 35.5.